The molecule has 0 aliphatic carbocycles. The molecule has 1 rings (SSSR count). The summed E-state index contributed by atoms with van der Waals surface area (Å²) in [4.78, 5) is 12.0. The number of amides is 1. The van der Waals surface area contributed by atoms with E-state index in [1.807, 2.05) is 37.3 Å². The summed E-state index contributed by atoms with van der Waals surface area (Å²) in [5.41, 5.74) is 5.85. The third kappa shape index (κ3) is 3.50. The van der Waals surface area contributed by atoms with Gasteiger partial charge in [0.25, 0.3) is 0 Å². The molecular weight excluding hydrogens is 244 g/mol. The third-order valence-electron chi connectivity index (χ3n) is 2.83. The van der Waals surface area contributed by atoms with Crippen molar-refractivity contribution in [2.45, 2.75) is 25.8 Å². The number of carbonyl (C=O) groups excluding carboxylic acids is 1. The number of nitrogens with one attached hydrogen (secondary N) is 1. The highest BCUT2D eigenvalue weighted by atomic mass is 32.2. The van der Waals surface area contributed by atoms with Gasteiger partial charge in [-0.25, -0.2) is 0 Å². The zero-order valence-corrected chi connectivity index (χ0v) is 11.9. The third-order valence-corrected chi connectivity index (χ3v) is 4.17. The Morgan fingerprint density at radius 2 is 2.00 bits per heavy atom. The molecule has 1 amide bonds. The molecule has 100 valence electrons. The highest BCUT2D eigenvalue weighted by molar-refractivity contribution is 7.99. The minimum absolute atomic E-state index is 0.306. The molecule has 0 saturated carbocycles. The number of likely N-dealkylation sites (N-methyl/N-ethyl adjacent to an activating group) is 1. The Morgan fingerprint density at radius 3 is 2.50 bits per heavy atom. The predicted molar refractivity (Wildman–Crippen MR) is 78.6 cm³/mol. The van der Waals surface area contributed by atoms with E-state index in [2.05, 4.69) is 12.2 Å². The Bertz CT molecular complexity index is 369. The Hall–Kier alpha value is -1.00. The topological polar surface area (TPSA) is 55.1 Å². The smallest absolute Gasteiger partial charge is 0.243 e. The summed E-state index contributed by atoms with van der Waals surface area (Å²) in [6, 6.07) is 9.74. The van der Waals surface area contributed by atoms with E-state index in [0.29, 0.717) is 12.3 Å². The van der Waals surface area contributed by atoms with Gasteiger partial charge >= 0.3 is 0 Å². The summed E-state index contributed by atoms with van der Waals surface area (Å²) in [6.45, 7) is 4.84. The van der Waals surface area contributed by atoms with Crippen molar-refractivity contribution in [2.75, 3.05) is 18.1 Å². The van der Waals surface area contributed by atoms with Crippen LogP contribution in [0.4, 0.5) is 0 Å². The number of hydrogen-bond acceptors (Lipinski definition) is 3. The largest absolute Gasteiger partial charge is 0.368 e. The van der Waals surface area contributed by atoms with Gasteiger partial charge in [-0.2, -0.15) is 11.8 Å². The monoisotopic (exact) mass is 266 g/mol. The van der Waals surface area contributed by atoms with Crippen molar-refractivity contribution >= 4 is 17.7 Å². The van der Waals surface area contributed by atoms with Crippen molar-refractivity contribution in [3.8, 4) is 0 Å². The number of nitrogens with two attached hydrogens (primary N) is 1. The van der Waals surface area contributed by atoms with Crippen LogP contribution in [-0.2, 0) is 10.3 Å². The molecule has 18 heavy (non-hydrogen) atoms. The van der Waals surface area contributed by atoms with Crippen LogP contribution in [0.5, 0.6) is 0 Å². The van der Waals surface area contributed by atoms with Crippen LogP contribution in [0.15, 0.2) is 30.3 Å². The molecule has 1 atom stereocenters. The van der Waals surface area contributed by atoms with E-state index in [1.54, 1.807) is 11.8 Å². The molecule has 0 aromatic heterocycles. The minimum Gasteiger partial charge on any atom is -0.368 e. The first-order valence-corrected chi connectivity index (χ1v) is 7.51. The van der Waals surface area contributed by atoms with Crippen molar-refractivity contribution in [1.29, 1.82) is 0 Å². The van der Waals surface area contributed by atoms with Crippen molar-refractivity contribution in [1.82, 2.24) is 5.32 Å². The van der Waals surface area contributed by atoms with Gasteiger partial charge in [0.15, 0.2) is 0 Å². The zero-order chi connectivity index (χ0) is 13.4. The number of primary amides is 1. The van der Waals surface area contributed by atoms with Crippen LogP contribution < -0.4 is 11.1 Å². The number of rotatable bonds is 8. The van der Waals surface area contributed by atoms with Crippen molar-refractivity contribution < 1.29 is 4.79 Å². The van der Waals surface area contributed by atoms with Gasteiger partial charge in [0.2, 0.25) is 5.91 Å². The predicted octanol–water partition coefficient (Wildman–Crippen LogP) is 2.12. The van der Waals surface area contributed by atoms with E-state index in [4.69, 9.17) is 5.73 Å². The van der Waals surface area contributed by atoms with Crippen LogP contribution in [0, 0.1) is 0 Å². The lowest BCUT2D eigenvalue weighted by molar-refractivity contribution is -0.123. The number of carbonyl (C=O) groups is 1. The number of benzene rings is 1. The summed E-state index contributed by atoms with van der Waals surface area (Å²) in [5.74, 6) is 1.40. The fourth-order valence-electron chi connectivity index (χ4n) is 1.93. The summed E-state index contributed by atoms with van der Waals surface area (Å²) in [7, 11) is 0. The second-order valence-electron chi connectivity index (χ2n) is 4.22. The fourth-order valence-corrected chi connectivity index (χ4v) is 3.08. The quantitative estimate of drug-likeness (QED) is 0.709. The first kappa shape index (κ1) is 15.1. The van der Waals surface area contributed by atoms with Gasteiger partial charge in [-0.1, -0.05) is 44.2 Å². The Balaban J connectivity index is 3.01. The second-order valence-corrected chi connectivity index (χ2v) is 5.32. The van der Waals surface area contributed by atoms with Gasteiger partial charge in [-0.3, -0.25) is 10.1 Å². The van der Waals surface area contributed by atoms with E-state index >= 15 is 0 Å². The minimum atomic E-state index is -0.754. The molecule has 3 N–H and O–H groups in total. The Kier molecular flexibility index (Phi) is 6.22. The molecule has 1 unspecified atom stereocenters. The van der Waals surface area contributed by atoms with Crippen molar-refractivity contribution in [3.63, 3.8) is 0 Å². The first-order valence-electron chi connectivity index (χ1n) is 6.35. The van der Waals surface area contributed by atoms with Gasteiger partial charge in [-0.05, 0) is 24.3 Å². The van der Waals surface area contributed by atoms with Gasteiger partial charge in [0, 0.05) is 5.75 Å². The summed E-state index contributed by atoms with van der Waals surface area (Å²) in [6.07, 6.45) is 1.10. The molecule has 4 heteroatoms. The maximum Gasteiger partial charge on any atom is 0.243 e. The second kappa shape index (κ2) is 7.44. The first-order chi connectivity index (χ1) is 8.67. The highest BCUT2D eigenvalue weighted by Gasteiger charge is 2.37. The molecule has 0 heterocycles. The van der Waals surface area contributed by atoms with E-state index in [9.17, 15) is 4.79 Å². The van der Waals surface area contributed by atoms with Crippen LogP contribution in [0.3, 0.4) is 0 Å². The zero-order valence-electron chi connectivity index (χ0n) is 11.1. The Morgan fingerprint density at radius 1 is 1.33 bits per heavy atom. The van der Waals surface area contributed by atoms with Gasteiger partial charge in [-0.15, -0.1) is 0 Å². The average Bonchev–Trinajstić information content (AvgIpc) is 2.38. The molecule has 0 fully saturated rings. The van der Waals surface area contributed by atoms with Crippen molar-refractivity contribution in [2.24, 2.45) is 5.73 Å². The van der Waals surface area contributed by atoms with E-state index < -0.39 is 5.54 Å². The Labute approximate surface area is 114 Å². The van der Waals surface area contributed by atoms with Gasteiger partial charge < -0.3 is 5.73 Å². The molecule has 1 aromatic rings. The lowest BCUT2D eigenvalue weighted by Crippen LogP contribution is -2.54. The average molecular weight is 266 g/mol. The van der Waals surface area contributed by atoms with Gasteiger partial charge in [0.05, 0.1) is 0 Å². The van der Waals surface area contributed by atoms with E-state index in [0.717, 1.165) is 17.7 Å². The molecular formula is C14H22N2OS. The number of thioether (sulfide) groups is 1. The van der Waals surface area contributed by atoms with Crippen molar-refractivity contribution in [3.05, 3.63) is 35.9 Å². The van der Waals surface area contributed by atoms with Crippen LogP contribution in [0.25, 0.3) is 0 Å². The highest BCUT2D eigenvalue weighted by Crippen LogP contribution is 2.26. The molecule has 1 aromatic carbocycles. The maximum absolute atomic E-state index is 12.0. The molecule has 0 aliphatic heterocycles. The van der Waals surface area contributed by atoms with Crippen LogP contribution in [-0.4, -0.2) is 24.0 Å². The normalized spacial score (nSPS) is 14.1. The lowest BCUT2D eigenvalue weighted by atomic mass is 9.91. The summed E-state index contributed by atoms with van der Waals surface area (Å²) >= 11 is 1.76. The van der Waals surface area contributed by atoms with E-state index in [-0.39, 0.29) is 5.91 Å². The molecule has 0 spiro atoms. The SMILES string of the molecule is CCCSCC(NCC)(C(N)=O)c1ccccc1. The van der Waals surface area contributed by atoms with Crippen LogP contribution in [0.1, 0.15) is 25.8 Å². The molecule has 3 nitrogen and oxygen atoms in total. The standard InChI is InChI=1S/C14H22N2OS/c1-3-10-18-11-14(13(15)17,16-4-2)12-8-6-5-7-9-12/h5-9,16H,3-4,10-11H2,1-2H3,(H2,15,17). The molecule has 0 bridgehead atoms. The van der Waals surface area contributed by atoms with E-state index in [1.165, 1.54) is 0 Å². The van der Waals surface area contributed by atoms with Crippen LogP contribution in [0.2, 0.25) is 0 Å². The van der Waals surface area contributed by atoms with Gasteiger partial charge in [0.1, 0.15) is 5.54 Å². The number of hydrogen-bond donors (Lipinski definition) is 2. The molecule has 0 radical (unpaired) electrons. The lowest BCUT2D eigenvalue weighted by Gasteiger charge is -2.31. The van der Waals surface area contributed by atoms with Crippen LogP contribution >= 0.6 is 11.8 Å². The summed E-state index contributed by atoms with van der Waals surface area (Å²) in [5, 5.41) is 3.28. The maximum atomic E-state index is 12.0. The molecule has 0 aliphatic rings. The molecule has 0 saturated heterocycles. The summed E-state index contributed by atoms with van der Waals surface area (Å²) < 4.78 is 0. The fraction of sp³-hybridized carbons (Fsp3) is 0.500.